The van der Waals surface area contributed by atoms with Gasteiger partial charge in [-0.25, -0.2) is 0 Å². The Morgan fingerprint density at radius 2 is 0.897 bits per heavy atom. The number of hydrogen-bond donors (Lipinski definition) is 0. The van der Waals surface area contributed by atoms with Crippen molar-refractivity contribution in [2.75, 3.05) is 0 Å². The fourth-order valence-corrected chi connectivity index (χ4v) is 6.72. The Balaban J connectivity index is 1.36. The molecule has 39 heavy (non-hydrogen) atoms. The molecule has 180 valence electrons. The van der Waals surface area contributed by atoms with Crippen molar-refractivity contribution in [3.63, 3.8) is 0 Å². The molecule has 1 nitrogen and oxygen atoms in total. The van der Waals surface area contributed by atoms with Crippen molar-refractivity contribution in [2.45, 2.75) is 0 Å². The first-order valence-corrected chi connectivity index (χ1v) is 13.4. The lowest BCUT2D eigenvalue weighted by molar-refractivity contribution is 0.487. The maximum Gasteiger partial charge on any atom is 0.135 e. The van der Waals surface area contributed by atoms with Gasteiger partial charge in [0.2, 0.25) is 0 Å². The van der Waals surface area contributed by atoms with E-state index < -0.39 is 0 Å². The van der Waals surface area contributed by atoms with Crippen molar-refractivity contribution in [1.82, 2.24) is 0 Å². The maximum absolute atomic E-state index is 6.38. The summed E-state index contributed by atoms with van der Waals surface area (Å²) in [5.41, 5.74) is 7.40. The average Bonchev–Trinajstić information content (AvgIpc) is 3.00. The summed E-state index contributed by atoms with van der Waals surface area (Å²) < 4.78 is 6.38. The summed E-state index contributed by atoms with van der Waals surface area (Å²) in [6.45, 7) is 0. The van der Waals surface area contributed by atoms with E-state index >= 15 is 0 Å². The first-order valence-electron chi connectivity index (χ1n) is 13.4. The highest BCUT2D eigenvalue weighted by Gasteiger charge is 2.22. The van der Waals surface area contributed by atoms with Crippen molar-refractivity contribution >= 4 is 43.1 Å². The van der Waals surface area contributed by atoms with Crippen molar-refractivity contribution in [3.8, 4) is 44.9 Å². The van der Waals surface area contributed by atoms with Crippen LogP contribution in [0.5, 0.6) is 11.5 Å². The molecule has 0 saturated heterocycles. The number of fused-ring (bicyclic) bond motifs is 2. The maximum atomic E-state index is 6.38. The summed E-state index contributed by atoms with van der Waals surface area (Å²) in [6, 6.07) is 48.3. The normalized spacial score (nSPS) is 12.3. The third-order valence-corrected chi connectivity index (χ3v) is 8.44. The second kappa shape index (κ2) is 7.69. The molecule has 1 heteroatoms. The van der Waals surface area contributed by atoms with Crippen LogP contribution in [0.1, 0.15) is 0 Å². The molecule has 0 atom stereocenters. The van der Waals surface area contributed by atoms with E-state index in [0.717, 1.165) is 17.1 Å². The van der Waals surface area contributed by atoms with Crippen molar-refractivity contribution in [3.05, 3.63) is 133 Å². The van der Waals surface area contributed by atoms with Gasteiger partial charge in [0.1, 0.15) is 11.5 Å². The minimum absolute atomic E-state index is 0.919. The second-order valence-electron chi connectivity index (χ2n) is 10.5. The summed E-state index contributed by atoms with van der Waals surface area (Å²) >= 11 is 0. The molecule has 0 saturated carbocycles. The molecule has 1 heterocycles. The lowest BCUT2D eigenvalue weighted by Gasteiger charge is -2.23. The highest BCUT2D eigenvalue weighted by molar-refractivity contribution is 6.28. The molecular formula is C38H22O. The van der Waals surface area contributed by atoms with Crippen LogP contribution >= 0.6 is 0 Å². The van der Waals surface area contributed by atoms with Crippen LogP contribution < -0.4 is 4.74 Å². The molecule has 0 fully saturated rings. The Labute approximate surface area is 225 Å². The van der Waals surface area contributed by atoms with E-state index in [1.807, 2.05) is 6.07 Å². The number of benzene rings is 8. The molecule has 0 N–H and O–H groups in total. The van der Waals surface area contributed by atoms with Crippen LogP contribution in [0.2, 0.25) is 0 Å². The van der Waals surface area contributed by atoms with Gasteiger partial charge in [0.05, 0.1) is 0 Å². The van der Waals surface area contributed by atoms with Crippen LogP contribution in [0, 0.1) is 0 Å². The van der Waals surface area contributed by atoms with Gasteiger partial charge in [-0.2, -0.15) is 0 Å². The first kappa shape index (κ1) is 20.9. The predicted molar refractivity (Wildman–Crippen MR) is 164 cm³/mol. The van der Waals surface area contributed by atoms with Crippen LogP contribution in [0.25, 0.3) is 76.5 Å². The summed E-state index contributed by atoms with van der Waals surface area (Å²) in [6.07, 6.45) is 0. The summed E-state index contributed by atoms with van der Waals surface area (Å²) in [4.78, 5) is 0. The molecule has 8 aromatic carbocycles. The van der Waals surface area contributed by atoms with Gasteiger partial charge in [-0.05, 0) is 77.7 Å². The lowest BCUT2D eigenvalue weighted by Crippen LogP contribution is -1.97. The standard InChI is InChI=1S/C38H22O/c1-2-7-23(8-3-1)26-17-13-24-16-20-33-27(18-14-25-15-19-32(26)36(24)37(25)33)28-21-22-35-38-30(28)10-6-11-31(38)29-9-4-5-12-34(29)39-35/h1-22H. The van der Waals surface area contributed by atoms with Crippen LogP contribution in [0.4, 0.5) is 0 Å². The monoisotopic (exact) mass is 494 g/mol. The Hall–Kier alpha value is -5.14. The van der Waals surface area contributed by atoms with Gasteiger partial charge in [-0.3, -0.25) is 0 Å². The van der Waals surface area contributed by atoms with Crippen LogP contribution in [-0.2, 0) is 0 Å². The molecule has 0 aliphatic carbocycles. The predicted octanol–water partition coefficient (Wildman–Crippen LogP) is 10.8. The minimum atomic E-state index is 0.919. The van der Waals surface area contributed by atoms with Gasteiger partial charge >= 0.3 is 0 Å². The van der Waals surface area contributed by atoms with Crippen molar-refractivity contribution in [2.24, 2.45) is 0 Å². The average molecular weight is 495 g/mol. The number of ether oxygens (including phenoxy) is 1. The minimum Gasteiger partial charge on any atom is -0.456 e. The quantitative estimate of drug-likeness (QED) is 0.217. The van der Waals surface area contributed by atoms with E-state index in [-0.39, 0.29) is 0 Å². The zero-order valence-corrected chi connectivity index (χ0v) is 21.1. The van der Waals surface area contributed by atoms with E-state index in [1.54, 1.807) is 0 Å². The molecule has 1 aliphatic rings. The molecule has 9 rings (SSSR count). The van der Waals surface area contributed by atoms with Crippen molar-refractivity contribution in [1.29, 1.82) is 0 Å². The number of para-hydroxylation sites is 1. The Morgan fingerprint density at radius 3 is 1.69 bits per heavy atom. The summed E-state index contributed by atoms with van der Waals surface area (Å²) in [7, 11) is 0. The van der Waals surface area contributed by atoms with Crippen LogP contribution in [0.3, 0.4) is 0 Å². The Bertz CT molecular complexity index is 2240. The Kier molecular flexibility index (Phi) is 4.11. The molecular weight excluding hydrogens is 472 g/mol. The second-order valence-corrected chi connectivity index (χ2v) is 10.5. The van der Waals surface area contributed by atoms with E-state index in [2.05, 4.69) is 127 Å². The molecule has 0 radical (unpaired) electrons. The first-order chi connectivity index (χ1) is 19.3. The van der Waals surface area contributed by atoms with Gasteiger partial charge in [-0.15, -0.1) is 0 Å². The summed E-state index contributed by atoms with van der Waals surface area (Å²) in [5, 5.41) is 10.2. The van der Waals surface area contributed by atoms with Crippen LogP contribution in [0.15, 0.2) is 133 Å². The van der Waals surface area contributed by atoms with Gasteiger partial charge < -0.3 is 4.74 Å². The third kappa shape index (κ3) is 2.85. The van der Waals surface area contributed by atoms with E-state index in [1.165, 1.54) is 70.9 Å². The van der Waals surface area contributed by atoms with Gasteiger partial charge in [0, 0.05) is 10.9 Å². The largest absolute Gasteiger partial charge is 0.456 e. The topological polar surface area (TPSA) is 9.23 Å². The van der Waals surface area contributed by atoms with Gasteiger partial charge in [-0.1, -0.05) is 121 Å². The van der Waals surface area contributed by atoms with Gasteiger partial charge in [0.25, 0.3) is 0 Å². The summed E-state index contributed by atoms with van der Waals surface area (Å²) in [5.74, 6) is 1.84. The van der Waals surface area contributed by atoms with Gasteiger partial charge in [0.15, 0.2) is 0 Å². The van der Waals surface area contributed by atoms with E-state index in [4.69, 9.17) is 4.74 Å². The molecule has 0 amide bonds. The van der Waals surface area contributed by atoms with Crippen LogP contribution in [-0.4, -0.2) is 0 Å². The molecule has 0 aromatic heterocycles. The zero-order valence-electron chi connectivity index (χ0n) is 21.1. The highest BCUT2D eigenvalue weighted by Crippen LogP contribution is 2.50. The fourth-order valence-electron chi connectivity index (χ4n) is 6.72. The molecule has 1 aliphatic heterocycles. The van der Waals surface area contributed by atoms with E-state index in [9.17, 15) is 0 Å². The smallest absolute Gasteiger partial charge is 0.135 e. The molecule has 0 bridgehead atoms. The van der Waals surface area contributed by atoms with E-state index in [0.29, 0.717) is 0 Å². The lowest BCUT2D eigenvalue weighted by atomic mass is 9.85. The van der Waals surface area contributed by atoms with Crippen molar-refractivity contribution < 1.29 is 4.74 Å². The fraction of sp³-hybridized carbons (Fsp3) is 0. The SMILES string of the molecule is c1ccc(-c2ccc3ccc4c(-c5ccc6c7c(cccc57)-c5ccccc5O6)ccc5ccc2c3c54)cc1. The molecule has 0 unspecified atom stereocenters. The zero-order chi connectivity index (χ0) is 25.5. The highest BCUT2D eigenvalue weighted by atomic mass is 16.5. The molecule has 8 aromatic rings. The third-order valence-electron chi connectivity index (χ3n) is 8.44. The number of hydrogen-bond acceptors (Lipinski definition) is 1. The molecule has 0 spiro atoms. The number of rotatable bonds is 2. The Morgan fingerprint density at radius 1 is 0.308 bits per heavy atom.